The fourth-order valence-electron chi connectivity index (χ4n) is 2.71. The standard InChI is InChI=1S/C15H19ClN4O3/c16-11-1-3-13(4-2-11)20-10-12(9-14(20)21)17-15(22)18-19-5-7-23-8-6-19/h1-4,12H,5-10H2,(H2,17,18,22). The lowest BCUT2D eigenvalue weighted by molar-refractivity contribution is -0.117. The first-order chi connectivity index (χ1) is 11.1. The maximum Gasteiger partial charge on any atom is 0.329 e. The Morgan fingerprint density at radius 1 is 1.22 bits per heavy atom. The van der Waals surface area contributed by atoms with E-state index in [1.54, 1.807) is 29.2 Å². The Morgan fingerprint density at radius 2 is 1.91 bits per heavy atom. The monoisotopic (exact) mass is 338 g/mol. The van der Waals surface area contributed by atoms with Gasteiger partial charge in [-0.2, -0.15) is 0 Å². The van der Waals surface area contributed by atoms with Crippen molar-refractivity contribution in [1.82, 2.24) is 15.8 Å². The molecule has 1 aromatic rings. The van der Waals surface area contributed by atoms with Crippen LogP contribution in [-0.4, -0.2) is 55.8 Å². The van der Waals surface area contributed by atoms with Crippen molar-refractivity contribution in [2.75, 3.05) is 37.7 Å². The molecule has 2 fully saturated rings. The van der Waals surface area contributed by atoms with Gasteiger partial charge in [0.05, 0.1) is 19.3 Å². The SMILES string of the molecule is O=C(NC1CC(=O)N(c2ccc(Cl)cc2)C1)NN1CCOCC1. The predicted octanol–water partition coefficient (Wildman–Crippen LogP) is 0.992. The van der Waals surface area contributed by atoms with E-state index < -0.39 is 0 Å². The summed E-state index contributed by atoms with van der Waals surface area (Å²) in [6.45, 7) is 2.98. The number of carbonyl (C=O) groups is 2. The number of anilines is 1. The number of hydrazine groups is 1. The van der Waals surface area contributed by atoms with Crippen LogP contribution in [0.3, 0.4) is 0 Å². The fourth-order valence-corrected chi connectivity index (χ4v) is 2.84. The zero-order valence-electron chi connectivity index (χ0n) is 12.6. The fraction of sp³-hybridized carbons (Fsp3) is 0.467. The second-order valence-electron chi connectivity index (χ2n) is 5.57. The number of rotatable bonds is 3. The molecule has 0 saturated carbocycles. The molecule has 2 heterocycles. The third-order valence-corrected chi connectivity index (χ3v) is 4.12. The molecule has 0 aromatic heterocycles. The molecule has 23 heavy (non-hydrogen) atoms. The van der Waals surface area contributed by atoms with Gasteiger partial charge in [-0.1, -0.05) is 11.6 Å². The molecular formula is C15H19ClN4O3. The van der Waals surface area contributed by atoms with Crippen LogP contribution in [0, 0.1) is 0 Å². The van der Waals surface area contributed by atoms with E-state index in [9.17, 15) is 9.59 Å². The number of halogens is 1. The summed E-state index contributed by atoms with van der Waals surface area (Å²) in [6.07, 6.45) is 0.291. The largest absolute Gasteiger partial charge is 0.379 e. The maximum atomic E-state index is 12.1. The number of hydrogen-bond donors (Lipinski definition) is 2. The first-order valence-electron chi connectivity index (χ1n) is 7.57. The first kappa shape index (κ1) is 16.0. The summed E-state index contributed by atoms with van der Waals surface area (Å²) in [4.78, 5) is 25.8. The summed E-state index contributed by atoms with van der Waals surface area (Å²) < 4.78 is 5.23. The molecule has 2 aliphatic rings. The Kier molecular flexibility index (Phi) is 5.00. The molecule has 1 unspecified atom stereocenters. The average Bonchev–Trinajstić information content (AvgIpc) is 2.89. The lowest BCUT2D eigenvalue weighted by Crippen LogP contribution is -2.53. The van der Waals surface area contributed by atoms with Crippen LogP contribution in [-0.2, 0) is 9.53 Å². The van der Waals surface area contributed by atoms with Gasteiger partial charge < -0.3 is 15.0 Å². The molecule has 1 aromatic carbocycles. The van der Waals surface area contributed by atoms with Gasteiger partial charge in [0, 0.05) is 36.8 Å². The lowest BCUT2D eigenvalue weighted by Gasteiger charge is -2.27. The highest BCUT2D eigenvalue weighted by Gasteiger charge is 2.31. The summed E-state index contributed by atoms with van der Waals surface area (Å²) in [6, 6.07) is 6.60. The van der Waals surface area contributed by atoms with Gasteiger partial charge in [-0.15, -0.1) is 0 Å². The highest BCUT2D eigenvalue weighted by Crippen LogP contribution is 2.23. The first-order valence-corrected chi connectivity index (χ1v) is 7.95. The Bertz CT molecular complexity index is 575. The molecule has 2 aliphatic heterocycles. The quantitative estimate of drug-likeness (QED) is 0.862. The van der Waals surface area contributed by atoms with E-state index >= 15 is 0 Å². The van der Waals surface area contributed by atoms with Crippen LogP contribution in [0.1, 0.15) is 6.42 Å². The third-order valence-electron chi connectivity index (χ3n) is 3.87. The van der Waals surface area contributed by atoms with E-state index in [1.807, 2.05) is 5.01 Å². The molecule has 0 bridgehead atoms. The maximum absolute atomic E-state index is 12.1. The van der Waals surface area contributed by atoms with Gasteiger partial charge in [0.25, 0.3) is 0 Å². The van der Waals surface area contributed by atoms with Crippen LogP contribution in [0.4, 0.5) is 10.5 Å². The molecule has 0 spiro atoms. The number of benzene rings is 1. The van der Waals surface area contributed by atoms with Crippen LogP contribution < -0.4 is 15.6 Å². The second kappa shape index (κ2) is 7.16. The Labute approximate surface area is 139 Å². The number of morpholine rings is 1. The van der Waals surface area contributed by atoms with Crippen LogP contribution in [0.25, 0.3) is 0 Å². The van der Waals surface area contributed by atoms with Gasteiger partial charge in [0.1, 0.15) is 0 Å². The van der Waals surface area contributed by atoms with Gasteiger partial charge in [0.15, 0.2) is 0 Å². The summed E-state index contributed by atoms with van der Waals surface area (Å²) in [5.41, 5.74) is 3.57. The number of carbonyl (C=O) groups excluding carboxylic acids is 2. The van der Waals surface area contributed by atoms with Gasteiger partial charge in [-0.05, 0) is 24.3 Å². The molecule has 124 valence electrons. The van der Waals surface area contributed by atoms with E-state index in [2.05, 4.69) is 10.7 Å². The topological polar surface area (TPSA) is 73.9 Å². The van der Waals surface area contributed by atoms with Crippen molar-refractivity contribution < 1.29 is 14.3 Å². The van der Waals surface area contributed by atoms with Gasteiger partial charge in [-0.25, -0.2) is 9.80 Å². The van der Waals surface area contributed by atoms with Crippen molar-refractivity contribution >= 4 is 29.2 Å². The van der Waals surface area contributed by atoms with Crippen molar-refractivity contribution in [3.63, 3.8) is 0 Å². The Morgan fingerprint density at radius 3 is 2.61 bits per heavy atom. The summed E-state index contributed by atoms with van der Waals surface area (Å²) in [5.74, 6) is -0.0102. The highest BCUT2D eigenvalue weighted by atomic mass is 35.5. The van der Waals surface area contributed by atoms with E-state index in [0.29, 0.717) is 44.3 Å². The molecule has 7 nitrogen and oxygen atoms in total. The van der Waals surface area contributed by atoms with E-state index in [1.165, 1.54) is 0 Å². The molecular weight excluding hydrogens is 320 g/mol. The molecule has 1 atom stereocenters. The summed E-state index contributed by atoms with van der Waals surface area (Å²) >= 11 is 5.86. The zero-order chi connectivity index (χ0) is 16.2. The molecule has 2 saturated heterocycles. The second-order valence-corrected chi connectivity index (χ2v) is 6.00. The molecule has 0 radical (unpaired) electrons. The molecule has 8 heteroatoms. The van der Waals surface area contributed by atoms with Crippen molar-refractivity contribution in [2.24, 2.45) is 0 Å². The number of amides is 3. The van der Waals surface area contributed by atoms with Crippen LogP contribution in [0.5, 0.6) is 0 Å². The highest BCUT2D eigenvalue weighted by molar-refractivity contribution is 6.30. The molecule has 2 N–H and O–H groups in total. The van der Waals surface area contributed by atoms with E-state index in [0.717, 1.165) is 5.69 Å². The third kappa shape index (κ3) is 4.13. The smallest absolute Gasteiger partial charge is 0.329 e. The number of hydrogen-bond acceptors (Lipinski definition) is 4. The minimum atomic E-state index is -0.289. The van der Waals surface area contributed by atoms with Gasteiger partial charge >= 0.3 is 6.03 Å². The molecule has 3 amide bonds. The minimum Gasteiger partial charge on any atom is -0.379 e. The van der Waals surface area contributed by atoms with Crippen LogP contribution in [0.15, 0.2) is 24.3 Å². The number of nitrogens with zero attached hydrogens (tertiary/aromatic N) is 2. The zero-order valence-corrected chi connectivity index (χ0v) is 13.4. The van der Waals surface area contributed by atoms with E-state index in [4.69, 9.17) is 16.3 Å². The van der Waals surface area contributed by atoms with Crippen molar-refractivity contribution in [3.05, 3.63) is 29.3 Å². The van der Waals surface area contributed by atoms with Crippen LogP contribution >= 0.6 is 11.6 Å². The average molecular weight is 339 g/mol. The number of nitrogens with one attached hydrogen (secondary N) is 2. The van der Waals surface area contributed by atoms with Crippen molar-refractivity contribution in [3.8, 4) is 0 Å². The predicted molar refractivity (Wildman–Crippen MR) is 86.3 cm³/mol. The lowest BCUT2D eigenvalue weighted by atomic mass is 10.2. The Hall–Kier alpha value is -1.83. The van der Waals surface area contributed by atoms with Crippen molar-refractivity contribution in [1.29, 1.82) is 0 Å². The molecule has 0 aliphatic carbocycles. The van der Waals surface area contributed by atoms with Gasteiger partial charge in [-0.3, -0.25) is 10.2 Å². The minimum absolute atomic E-state index is 0.0102. The summed E-state index contributed by atoms with van der Waals surface area (Å²) in [5, 5.41) is 5.28. The molecule has 3 rings (SSSR count). The number of urea groups is 1. The van der Waals surface area contributed by atoms with E-state index in [-0.39, 0.29) is 18.0 Å². The van der Waals surface area contributed by atoms with Crippen LogP contribution in [0.2, 0.25) is 5.02 Å². The van der Waals surface area contributed by atoms with Crippen molar-refractivity contribution in [2.45, 2.75) is 12.5 Å². The Balaban J connectivity index is 1.52. The van der Waals surface area contributed by atoms with Gasteiger partial charge in [0.2, 0.25) is 5.91 Å². The summed E-state index contributed by atoms with van der Waals surface area (Å²) in [7, 11) is 0. The normalized spacial score (nSPS) is 22.2. The number of ether oxygens (including phenoxy) is 1.